The van der Waals surface area contributed by atoms with Gasteiger partial charge in [-0.1, -0.05) is 113 Å². The number of carbonyl (C=O) groups excluding carboxylic acids is 3. The second-order valence-electron chi connectivity index (χ2n) is 7.25. The molecule has 2 aromatic carbocycles. The molecule has 0 heterocycles. The highest BCUT2D eigenvalue weighted by Crippen LogP contribution is 2.50. The number of anilines is 1. The fraction of sp³-hybridized carbons (Fsp3) is 0.514. The van der Waals surface area contributed by atoms with Gasteiger partial charge in [-0.25, -0.2) is 9.59 Å². The number of hydrogen-bond acceptors (Lipinski definition) is 6. The van der Waals surface area contributed by atoms with Crippen LogP contribution in [-0.2, 0) is 18.6 Å². The Kier molecular flexibility index (Phi) is 48.3. The van der Waals surface area contributed by atoms with Crippen LogP contribution in [0.2, 0.25) is 0 Å². The van der Waals surface area contributed by atoms with Crippen molar-refractivity contribution in [2.24, 2.45) is 0 Å². The Morgan fingerprint density at radius 2 is 1.34 bits per heavy atom. The first-order valence-corrected chi connectivity index (χ1v) is 12.1. The highest BCUT2D eigenvalue weighted by molar-refractivity contribution is 7.83. The summed E-state index contributed by atoms with van der Waals surface area (Å²) < 4.78 is 24.1. The summed E-state index contributed by atoms with van der Waals surface area (Å²) in [4.78, 5) is 37.0. The molecule has 0 aliphatic carbocycles. The molecule has 1 atom stereocenters. The van der Waals surface area contributed by atoms with Gasteiger partial charge in [-0.3, -0.25) is 9.36 Å². The first-order chi connectivity index (χ1) is 15.7. The van der Waals surface area contributed by atoms with E-state index in [4.69, 9.17) is 9.26 Å². The number of rotatable bonds is 10. The molecule has 0 aromatic heterocycles. The Morgan fingerprint density at radius 3 is 1.80 bits per heavy atom. The van der Waals surface area contributed by atoms with E-state index >= 15 is 0 Å². The number of esters is 1. The number of carbonyl (C=O) groups is 3. The summed E-state index contributed by atoms with van der Waals surface area (Å²) in [5, 5.41) is 5.63. The van der Waals surface area contributed by atoms with E-state index in [1.54, 1.807) is 64.1 Å². The van der Waals surface area contributed by atoms with Crippen molar-refractivity contribution in [2.75, 3.05) is 25.1 Å². The highest BCUT2D eigenvalue weighted by Gasteiger charge is 2.38. The predicted molar refractivity (Wildman–Crippen MR) is 203 cm³/mol. The molecular formula is C35H73N2O6P. The van der Waals surface area contributed by atoms with Gasteiger partial charge in [-0.2, -0.15) is 0 Å². The topological polar surface area (TPSA) is 111 Å². The average Bonchev–Trinajstić information content (AvgIpc) is 2.79. The molecule has 0 fully saturated rings. The fourth-order valence-corrected chi connectivity index (χ4v) is 5.51. The Morgan fingerprint density at radius 1 is 0.841 bits per heavy atom. The summed E-state index contributed by atoms with van der Waals surface area (Å²) in [6, 6.07) is 9.61. The summed E-state index contributed by atoms with van der Waals surface area (Å²) in [5.74, 6) is -0.581. The van der Waals surface area contributed by atoms with E-state index in [0.29, 0.717) is 22.1 Å². The van der Waals surface area contributed by atoms with Crippen molar-refractivity contribution in [3.05, 3.63) is 71.3 Å². The van der Waals surface area contributed by atoms with Crippen LogP contribution >= 0.6 is 7.37 Å². The summed E-state index contributed by atoms with van der Waals surface area (Å²) >= 11 is 0. The van der Waals surface area contributed by atoms with Crippen molar-refractivity contribution in [2.45, 2.75) is 109 Å². The van der Waals surface area contributed by atoms with Gasteiger partial charge in [0.05, 0.1) is 13.2 Å². The maximum absolute atomic E-state index is 13.8. The van der Waals surface area contributed by atoms with E-state index in [0.717, 1.165) is 11.6 Å². The van der Waals surface area contributed by atoms with Gasteiger partial charge >= 0.3 is 19.4 Å². The minimum absolute atomic E-state index is 0. The van der Waals surface area contributed by atoms with Gasteiger partial charge in [0, 0.05) is 22.6 Å². The Labute approximate surface area is 274 Å². The zero-order valence-electron chi connectivity index (χ0n) is 19.3. The molecule has 44 heavy (non-hydrogen) atoms. The molecule has 0 bridgehead atoms. The maximum Gasteiger partial charge on any atom is 0.330 e. The lowest BCUT2D eigenvalue weighted by Gasteiger charge is -2.22. The summed E-state index contributed by atoms with van der Waals surface area (Å²) in [5.41, 5.74) is 1.91. The van der Waals surface area contributed by atoms with E-state index in [2.05, 4.69) is 17.2 Å². The van der Waals surface area contributed by atoms with Crippen LogP contribution in [0.15, 0.2) is 49.1 Å². The van der Waals surface area contributed by atoms with Crippen LogP contribution in [0.3, 0.4) is 0 Å². The van der Waals surface area contributed by atoms with Crippen LogP contribution < -0.4 is 15.9 Å². The molecule has 1 unspecified atom stereocenters. The molecule has 0 spiro atoms. The van der Waals surface area contributed by atoms with Crippen LogP contribution in [0.1, 0.15) is 116 Å². The molecule has 0 saturated carbocycles. The van der Waals surface area contributed by atoms with Crippen molar-refractivity contribution < 1.29 is 28.2 Å². The number of nitrogens with one attached hydrogen (secondary N) is 2. The summed E-state index contributed by atoms with van der Waals surface area (Å²) in [7, 11) is -3.87. The van der Waals surface area contributed by atoms with Crippen molar-refractivity contribution in [1.82, 2.24) is 5.32 Å². The minimum atomic E-state index is -3.87. The molecular weight excluding hydrogens is 575 g/mol. The standard InChI is InChI=1S/C24H29N2O6P.11CH4/c1-6-20(27)31-14-13-25-24(29)26-22-17(4)15-16(3)21(18(22)5)23(28)33(30,32-7-2)19-11-9-8-10-12-19;;;;;;;;;;;/h6,8-12,15H,1,7,13-14H2,2-5H3,(H2,25,26,29);11*1H4. The van der Waals surface area contributed by atoms with E-state index in [-0.39, 0.29) is 107 Å². The van der Waals surface area contributed by atoms with Gasteiger partial charge in [0.25, 0.3) is 5.52 Å². The lowest BCUT2D eigenvalue weighted by atomic mass is 9.98. The number of amides is 2. The van der Waals surface area contributed by atoms with Gasteiger partial charge < -0.3 is 19.9 Å². The number of hydrogen-bond donors (Lipinski definition) is 2. The number of aryl methyl sites for hydroxylation is 2. The SMILES string of the molecule is C.C.C.C.C.C.C.C.C.C.C.C=CC(=O)OCCNC(=O)Nc1c(C)cc(C)c(C(=O)P(=O)(OCC)c2ccccc2)c1C. The predicted octanol–water partition coefficient (Wildman–Crippen LogP) is 11.2. The highest BCUT2D eigenvalue weighted by atomic mass is 31.2. The smallest absolute Gasteiger partial charge is 0.330 e. The zero-order valence-corrected chi connectivity index (χ0v) is 20.2. The van der Waals surface area contributed by atoms with Gasteiger partial charge in [0.15, 0.2) is 0 Å². The molecule has 2 N–H and O–H groups in total. The third-order valence-corrected chi connectivity index (χ3v) is 7.26. The number of benzene rings is 2. The molecule has 2 aromatic rings. The molecule has 0 saturated heterocycles. The molecule has 2 amide bonds. The quantitative estimate of drug-likeness (QED) is 0.115. The molecule has 2 rings (SSSR count). The van der Waals surface area contributed by atoms with Crippen molar-refractivity contribution >= 4 is 35.9 Å². The van der Waals surface area contributed by atoms with Crippen LogP contribution in [0.4, 0.5) is 10.5 Å². The third-order valence-electron chi connectivity index (χ3n) is 4.90. The van der Waals surface area contributed by atoms with E-state index in [1.165, 1.54) is 0 Å². The van der Waals surface area contributed by atoms with Crippen LogP contribution in [0.25, 0.3) is 0 Å². The Balaban J connectivity index is -0.000000131. The summed E-state index contributed by atoms with van der Waals surface area (Å²) in [6.07, 6.45) is 1.04. The number of urea groups is 1. The van der Waals surface area contributed by atoms with E-state index in [1.807, 2.05) is 0 Å². The molecule has 264 valence electrons. The molecule has 0 radical (unpaired) electrons. The van der Waals surface area contributed by atoms with Gasteiger partial charge in [-0.15, -0.1) is 0 Å². The lowest BCUT2D eigenvalue weighted by Crippen LogP contribution is -2.32. The third kappa shape index (κ3) is 16.6. The fourth-order valence-electron chi connectivity index (χ4n) is 3.44. The molecule has 9 heteroatoms. The van der Waals surface area contributed by atoms with Crippen molar-refractivity contribution in [1.29, 1.82) is 0 Å². The maximum atomic E-state index is 13.8. The first kappa shape index (κ1) is 68.1. The van der Waals surface area contributed by atoms with Gasteiger partial charge in [0.1, 0.15) is 6.61 Å². The van der Waals surface area contributed by atoms with E-state index in [9.17, 15) is 18.9 Å². The second-order valence-corrected chi connectivity index (χ2v) is 9.53. The molecule has 0 aliphatic heterocycles. The van der Waals surface area contributed by atoms with Crippen LogP contribution in [0, 0.1) is 20.8 Å². The van der Waals surface area contributed by atoms with Crippen LogP contribution in [0.5, 0.6) is 0 Å². The monoisotopic (exact) mass is 649 g/mol. The van der Waals surface area contributed by atoms with Gasteiger partial charge in [-0.05, 0) is 56.5 Å². The van der Waals surface area contributed by atoms with Crippen LogP contribution in [-0.4, -0.2) is 37.3 Å². The van der Waals surface area contributed by atoms with E-state index < -0.39 is 24.9 Å². The van der Waals surface area contributed by atoms with Gasteiger partial charge in [0.2, 0.25) is 0 Å². The van der Waals surface area contributed by atoms with Crippen molar-refractivity contribution in [3.63, 3.8) is 0 Å². The van der Waals surface area contributed by atoms with Crippen molar-refractivity contribution in [3.8, 4) is 0 Å². The largest absolute Gasteiger partial charge is 0.461 e. The molecule has 8 nitrogen and oxygen atoms in total. The molecule has 0 aliphatic rings. The Hall–Kier alpha value is -3.22. The average molecular weight is 649 g/mol. The zero-order chi connectivity index (χ0) is 24.6. The second kappa shape index (κ2) is 31.2. The minimum Gasteiger partial charge on any atom is -0.461 e. The lowest BCUT2D eigenvalue weighted by molar-refractivity contribution is -0.137. The number of ether oxygens (including phenoxy) is 1. The first-order valence-electron chi connectivity index (χ1n) is 10.5. The normalized spacial score (nSPS) is 9.27. The summed E-state index contributed by atoms with van der Waals surface area (Å²) in [6.45, 7) is 10.4. The Bertz CT molecular complexity index is 1100.